The number of halogens is 1. The summed E-state index contributed by atoms with van der Waals surface area (Å²) in [4.78, 5) is 26.8. The number of benzene rings is 1. The molecule has 1 aromatic heterocycles. The Kier molecular flexibility index (Phi) is 4.97. The summed E-state index contributed by atoms with van der Waals surface area (Å²) in [6.07, 6.45) is 3.03. The minimum Gasteiger partial charge on any atom is -0.337 e. The molecule has 0 radical (unpaired) electrons. The molecule has 0 spiro atoms. The largest absolute Gasteiger partial charge is 0.337 e. The van der Waals surface area contributed by atoms with Crippen molar-refractivity contribution in [1.29, 1.82) is 0 Å². The fraction of sp³-hybridized carbons (Fsp3) is 0.421. The topological polar surface area (TPSA) is 55.2 Å². The molecule has 132 valence electrons. The summed E-state index contributed by atoms with van der Waals surface area (Å²) in [5.41, 5.74) is 0.134. The van der Waals surface area contributed by atoms with Gasteiger partial charge in [0.1, 0.15) is 11.5 Å². The van der Waals surface area contributed by atoms with Crippen molar-refractivity contribution in [2.75, 3.05) is 13.1 Å². The van der Waals surface area contributed by atoms with E-state index in [1.54, 1.807) is 30.0 Å². The number of aryl methyl sites for hydroxylation is 1. The average Bonchev–Trinajstić information content (AvgIpc) is 2.62. The van der Waals surface area contributed by atoms with Gasteiger partial charge >= 0.3 is 0 Å². The number of rotatable bonds is 3. The minimum absolute atomic E-state index is 0.148. The standard InChI is InChI=1S/C19H22FN3O2/c1-3-14-7-6-10-22(12-14)19(25)18-17(24)11-13(2)23(21-18)16-9-5-4-8-15(16)20/h4-5,8-9,11,14H,3,6-7,10,12H2,1-2H3/t14-/m0/s1. The van der Waals surface area contributed by atoms with Gasteiger partial charge in [-0.25, -0.2) is 9.07 Å². The first-order valence-electron chi connectivity index (χ1n) is 8.66. The molecule has 0 aliphatic carbocycles. The summed E-state index contributed by atoms with van der Waals surface area (Å²) < 4.78 is 15.4. The maximum absolute atomic E-state index is 14.1. The van der Waals surface area contributed by atoms with E-state index in [4.69, 9.17) is 0 Å². The number of piperidine rings is 1. The Hall–Kier alpha value is -2.50. The molecule has 1 atom stereocenters. The van der Waals surface area contributed by atoms with E-state index in [0.717, 1.165) is 19.3 Å². The number of hydrogen-bond donors (Lipinski definition) is 0. The summed E-state index contributed by atoms with van der Waals surface area (Å²) in [5, 5.41) is 4.20. The normalized spacial score (nSPS) is 17.6. The lowest BCUT2D eigenvalue weighted by atomic mass is 9.95. The zero-order valence-corrected chi connectivity index (χ0v) is 14.5. The molecule has 1 saturated heterocycles. The molecule has 0 N–H and O–H groups in total. The van der Waals surface area contributed by atoms with E-state index < -0.39 is 11.2 Å². The molecular weight excluding hydrogens is 321 g/mol. The molecule has 3 rings (SSSR count). The van der Waals surface area contributed by atoms with Gasteiger partial charge in [0.05, 0.1) is 0 Å². The fourth-order valence-electron chi connectivity index (χ4n) is 3.30. The molecule has 1 aromatic carbocycles. The summed E-state index contributed by atoms with van der Waals surface area (Å²) in [5.74, 6) is -0.366. The second-order valence-corrected chi connectivity index (χ2v) is 6.53. The van der Waals surface area contributed by atoms with Gasteiger partial charge in [0.25, 0.3) is 5.91 Å². The summed E-state index contributed by atoms with van der Waals surface area (Å²) in [7, 11) is 0. The van der Waals surface area contributed by atoms with E-state index in [-0.39, 0.29) is 17.3 Å². The summed E-state index contributed by atoms with van der Waals surface area (Å²) in [6.45, 7) is 5.05. The van der Waals surface area contributed by atoms with E-state index in [9.17, 15) is 14.0 Å². The highest BCUT2D eigenvalue weighted by molar-refractivity contribution is 5.92. The zero-order valence-electron chi connectivity index (χ0n) is 14.5. The van der Waals surface area contributed by atoms with Crippen molar-refractivity contribution in [1.82, 2.24) is 14.7 Å². The van der Waals surface area contributed by atoms with Crippen molar-refractivity contribution in [2.24, 2.45) is 5.92 Å². The van der Waals surface area contributed by atoms with Crippen LogP contribution in [0, 0.1) is 18.7 Å². The van der Waals surface area contributed by atoms with Crippen molar-refractivity contribution < 1.29 is 9.18 Å². The quantitative estimate of drug-likeness (QED) is 0.861. The Morgan fingerprint density at radius 1 is 1.36 bits per heavy atom. The van der Waals surface area contributed by atoms with Gasteiger partial charge in [0.2, 0.25) is 5.43 Å². The molecule has 1 amide bonds. The van der Waals surface area contributed by atoms with E-state index in [1.807, 2.05) is 0 Å². The maximum Gasteiger partial charge on any atom is 0.278 e. The van der Waals surface area contributed by atoms with Crippen LogP contribution in [0.4, 0.5) is 4.39 Å². The number of carbonyl (C=O) groups excluding carboxylic acids is 1. The summed E-state index contributed by atoms with van der Waals surface area (Å²) in [6, 6.07) is 7.51. The van der Waals surface area contributed by atoms with Crippen LogP contribution >= 0.6 is 0 Å². The van der Waals surface area contributed by atoms with Gasteiger partial charge in [0, 0.05) is 24.8 Å². The lowest BCUT2D eigenvalue weighted by Crippen LogP contribution is -2.42. The molecule has 5 nitrogen and oxygen atoms in total. The smallest absolute Gasteiger partial charge is 0.278 e. The first-order valence-corrected chi connectivity index (χ1v) is 8.66. The molecule has 2 aromatic rings. The third-order valence-corrected chi connectivity index (χ3v) is 4.77. The van der Waals surface area contributed by atoms with Crippen molar-refractivity contribution in [2.45, 2.75) is 33.1 Å². The number of nitrogens with zero attached hydrogens (tertiary/aromatic N) is 3. The maximum atomic E-state index is 14.1. The van der Waals surface area contributed by atoms with Gasteiger partial charge in [-0.1, -0.05) is 25.5 Å². The van der Waals surface area contributed by atoms with Gasteiger partial charge in [-0.3, -0.25) is 9.59 Å². The number of aromatic nitrogens is 2. The molecule has 1 fully saturated rings. The van der Waals surface area contributed by atoms with E-state index >= 15 is 0 Å². The Morgan fingerprint density at radius 3 is 2.84 bits per heavy atom. The molecule has 25 heavy (non-hydrogen) atoms. The highest BCUT2D eigenvalue weighted by Crippen LogP contribution is 2.20. The monoisotopic (exact) mass is 343 g/mol. The van der Waals surface area contributed by atoms with Gasteiger partial charge < -0.3 is 4.90 Å². The molecule has 0 bridgehead atoms. The number of carbonyl (C=O) groups is 1. The zero-order chi connectivity index (χ0) is 18.0. The van der Waals surface area contributed by atoms with Crippen LogP contribution in [0.1, 0.15) is 42.4 Å². The second kappa shape index (κ2) is 7.17. The fourth-order valence-corrected chi connectivity index (χ4v) is 3.30. The van der Waals surface area contributed by atoms with Gasteiger partial charge in [-0.15, -0.1) is 0 Å². The first-order chi connectivity index (χ1) is 12.0. The van der Waals surface area contributed by atoms with Crippen LogP contribution in [0.5, 0.6) is 0 Å². The minimum atomic E-state index is -0.454. The highest BCUT2D eigenvalue weighted by Gasteiger charge is 2.26. The molecule has 0 unspecified atom stereocenters. The van der Waals surface area contributed by atoms with Crippen molar-refractivity contribution in [3.63, 3.8) is 0 Å². The molecule has 2 heterocycles. The van der Waals surface area contributed by atoms with Crippen molar-refractivity contribution in [3.8, 4) is 5.69 Å². The molecule has 1 aliphatic heterocycles. The van der Waals surface area contributed by atoms with Crippen LogP contribution in [0.3, 0.4) is 0 Å². The number of para-hydroxylation sites is 1. The predicted octanol–water partition coefficient (Wildman–Crippen LogP) is 2.94. The second-order valence-electron chi connectivity index (χ2n) is 6.53. The van der Waals surface area contributed by atoms with Crippen LogP contribution in [0.2, 0.25) is 0 Å². The SMILES string of the molecule is CC[C@H]1CCCN(C(=O)c2nn(-c3ccccc3F)c(C)cc2=O)C1. The van der Waals surface area contributed by atoms with Crippen LogP contribution in [-0.4, -0.2) is 33.7 Å². The van der Waals surface area contributed by atoms with Crippen LogP contribution in [0.25, 0.3) is 5.69 Å². The van der Waals surface area contributed by atoms with Crippen LogP contribution in [0.15, 0.2) is 35.1 Å². The number of amides is 1. The van der Waals surface area contributed by atoms with Gasteiger partial charge in [0.15, 0.2) is 5.69 Å². The summed E-state index contributed by atoms with van der Waals surface area (Å²) >= 11 is 0. The Balaban J connectivity index is 2.00. The third-order valence-electron chi connectivity index (χ3n) is 4.77. The Morgan fingerprint density at radius 2 is 2.12 bits per heavy atom. The van der Waals surface area contributed by atoms with Crippen molar-refractivity contribution >= 4 is 5.91 Å². The Bertz CT molecular complexity index is 847. The van der Waals surface area contributed by atoms with Crippen molar-refractivity contribution in [3.05, 3.63) is 57.8 Å². The molecule has 6 heteroatoms. The molecule has 0 saturated carbocycles. The lowest BCUT2D eigenvalue weighted by Gasteiger charge is -2.32. The predicted molar refractivity (Wildman–Crippen MR) is 93.4 cm³/mol. The Labute approximate surface area is 146 Å². The van der Waals surface area contributed by atoms with Crippen LogP contribution in [-0.2, 0) is 0 Å². The van der Waals surface area contributed by atoms with E-state index in [2.05, 4.69) is 12.0 Å². The van der Waals surface area contributed by atoms with E-state index in [0.29, 0.717) is 24.7 Å². The first kappa shape index (κ1) is 17.3. The van der Waals surface area contributed by atoms with Gasteiger partial charge in [-0.2, -0.15) is 5.10 Å². The number of hydrogen-bond acceptors (Lipinski definition) is 3. The van der Waals surface area contributed by atoms with Crippen LogP contribution < -0.4 is 5.43 Å². The number of likely N-dealkylation sites (tertiary alicyclic amines) is 1. The molecular formula is C19H22FN3O2. The lowest BCUT2D eigenvalue weighted by molar-refractivity contribution is 0.0661. The third kappa shape index (κ3) is 3.48. The average molecular weight is 343 g/mol. The highest BCUT2D eigenvalue weighted by atomic mass is 19.1. The molecule has 1 aliphatic rings. The van der Waals surface area contributed by atoms with E-state index in [1.165, 1.54) is 16.8 Å². The van der Waals surface area contributed by atoms with Gasteiger partial charge in [-0.05, 0) is 37.8 Å².